The molecule has 4 aromatic heterocycles. The lowest BCUT2D eigenvalue weighted by Gasteiger charge is -2.07. The largest absolute Gasteiger partial charge is 0.381 e. The molecule has 0 aliphatic carbocycles. The number of nitrogen functional groups attached to an aromatic ring is 1. The summed E-state index contributed by atoms with van der Waals surface area (Å²) in [5.41, 5.74) is 12.0. The quantitative estimate of drug-likeness (QED) is 0.197. The van der Waals surface area contributed by atoms with Gasteiger partial charge >= 0.3 is 0 Å². The van der Waals surface area contributed by atoms with Gasteiger partial charge in [-0.05, 0) is 50.5 Å². The number of aromatic nitrogens is 4. The smallest absolute Gasteiger partial charge is 0.295 e. The van der Waals surface area contributed by atoms with Gasteiger partial charge in [0.05, 0.1) is 16.9 Å². The van der Waals surface area contributed by atoms with Gasteiger partial charge in [0.1, 0.15) is 16.3 Å². The summed E-state index contributed by atoms with van der Waals surface area (Å²) in [6, 6.07) is 23.2. The summed E-state index contributed by atoms with van der Waals surface area (Å²) in [6.45, 7) is 8.31. The van der Waals surface area contributed by atoms with Crippen LogP contribution in [0.4, 0.5) is 5.82 Å². The summed E-state index contributed by atoms with van der Waals surface area (Å²) in [5, 5.41) is 9.46. The Kier molecular flexibility index (Phi) is 8.26. The molecular weight excluding hydrogens is 571 g/mol. The Morgan fingerprint density at radius 1 is 0.976 bits per heavy atom. The van der Waals surface area contributed by atoms with Crippen molar-refractivity contribution in [2.24, 2.45) is 0 Å². The maximum atomic E-state index is 11.8. The van der Waals surface area contributed by atoms with Gasteiger partial charge in [-0.2, -0.15) is 13.5 Å². The highest BCUT2D eigenvalue weighted by atomic mass is 32.2. The predicted molar refractivity (Wildman–Crippen MR) is 166 cm³/mol. The Hall–Kier alpha value is -4.32. The molecule has 0 fully saturated rings. The molecule has 4 heterocycles. The maximum absolute atomic E-state index is 11.8. The van der Waals surface area contributed by atoms with Crippen LogP contribution in [0.25, 0.3) is 32.6 Å². The minimum Gasteiger partial charge on any atom is -0.381 e. The predicted octanol–water partition coefficient (Wildman–Crippen LogP) is 6.87. The van der Waals surface area contributed by atoms with Crippen molar-refractivity contribution in [2.45, 2.75) is 45.6 Å². The van der Waals surface area contributed by atoms with Crippen molar-refractivity contribution in [3.8, 4) is 21.7 Å². The second-order valence-electron chi connectivity index (χ2n) is 9.90. The summed E-state index contributed by atoms with van der Waals surface area (Å²) in [6.07, 6.45) is 0.841. The van der Waals surface area contributed by atoms with E-state index in [0.29, 0.717) is 17.2 Å². The van der Waals surface area contributed by atoms with Gasteiger partial charge in [0.15, 0.2) is 5.82 Å². The average molecular weight is 602 g/mol. The molecule has 216 valence electrons. The van der Waals surface area contributed by atoms with E-state index in [1.807, 2.05) is 61.0 Å². The number of anilines is 1. The number of thiophene rings is 1. The van der Waals surface area contributed by atoms with Crippen molar-refractivity contribution in [3.05, 3.63) is 100 Å². The normalized spacial score (nSPS) is 11.5. The zero-order chi connectivity index (χ0) is 30.0. The lowest BCUT2D eigenvalue weighted by Crippen LogP contribution is -2.03. The van der Waals surface area contributed by atoms with Crippen molar-refractivity contribution in [2.75, 3.05) is 5.73 Å². The number of benzene rings is 2. The Balaban J connectivity index is 0.000000442. The molecule has 0 unspecified atom stereocenters. The van der Waals surface area contributed by atoms with Crippen LogP contribution in [0.5, 0.6) is 0 Å². The van der Waals surface area contributed by atoms with Crippen molar-refractivity contribution in [3.63, 3.8) is 0 Å². The zero-order valence-corrected chi connectivity index (χ0v) is 25.3. The van der Waals surface area contributed by atoms with Gasteiger partial charge in [0, 0.05) is 33.3 Å². The molecule has 0 saturated heterocycles. The fourth-order valence-electron chi connectivity index (χ4n) is 4.74. The summed E-state index contributed by atoms with van der Waals surface area (Å²) in [7, 11) is -4.29. The molecule has 6 aromatic rings. The van der Waals surface area contributed by atoms with E-state index in [0.717, 1.165) is 61.7 Å². The summed E-state index contributed by atoms with van der Waals surface area (Å²) in [4.78, 5) is 6.10. The van der Waals surface area contributed by atoms with Gasteiger partial charge in [0.2, 0.25) is 0 Å². The first kappa shape index (κ1) is 29.2. The van der Waals surface area contributed by atoms with Gasteiger partial charge in [-0.25, -0.2) is 0 Å². The van der Waals surface area contributed by atoms with Crippen molar-refractivity contribution in [1.82, 2.24) is 19.9 Å². The number of aryl methyl sites for hydroxylation is 4. The molecule has 9 nitrogen and oxygen atoms in total. The molecule has 0 aliphatic heterocycles. The van der Waals surface area contributed by atoms with Crippen molar-refractivity contribution in [1.29, 1.82) is 0 Å². The fraction of sp³-hybridized carbons (Fsp3) is 0.194. The minimum absolute atomic E-state index is 0.0478. The first-order valence-corrected chi connectivity index (χ1v) is 15.6. The summed E-state index contributed by atoms with van der Waals surface area (Å²) in [5.74, 6) is 1.19. The maximum Gasteiger partial charge on any atom is 0.295 e. The second-order valence-corrected chi connectivity index (χ2v) is 12.6. The van der Waals surface area contributed by atoms with Crippen molar-refractivity contribution >= 4 is 38.2 Å². The van der Waals surface area contributed by atoms with Crippen LogP contribution in [0.1, 0.15) is 34.5 Å². The number of nitrogens with two attached hydrogens (primary N) is 1. The third kappa shape index (κ3) is 6.28. The first-order valence-electron chi connectivity index (χ1n) is 13.3. The molecule has 0 spiro atoms. The van der Waals surface area contributed by atoms with Gasteiger partial charge < -0.3 is 10.3 Å². The van der Waals surface area contributed by atoms with E-state index in [4.69, 9.17) is 15.8 Å². The van der Waals surface area contributed by atoms with E-state index in [1.165, 1.54) is 17.4 Å². The Morgan fingerprint density at radius 2 is 1.69 bits per heavy atom. The first-order chi connectivity index (χ1) is 20.0. The summed E-state index contributed by atoms with van der Waals surface area (Å²) < 4.78 is 39.9. The highest BCUT2D eigenvalue weighted by Gasteiger charge is 2.20. The van der Waals surface area contributed by atoms with Crippen LogP contribution in [0.15, 0.2) is 82.2 Å². The third-order valence-corrected chi connectivity index (χ3v) is 8.78. The highest BCUT2D eigenvalue weighted by Crippen LogP contribution is 2.36. The zero-order valence-electron chi connectivity index (χ0n) is 23.7. The van der Waals surface area contributed by atoms with Crippen LogP contribution in [-0.2, 0) is 23.1 Å². The van der Waals surface area contributed by atoms with Crippen LogP contribution in [-0.4, -0.2) is 32.9 Å². The topological polar surface area (TPSA) is 137 Å². The molecule has 42 heavy (non-hydrogen) atoms. The number of rotatable bonds is 6. The van der Waals surface area contributed by atoms with E-state index in [1.54, 1.807) is 13.0 Å². The Morgan fingerprint density at radius 3 is 2.26 bits per heavy atom. The minimum atomic E-state index is -4.29. The molecule has 2 aromatic carbocycles. The number of nitrogens with zero attached hydrogens (tertiary/aromatic N) is 4. The van der Waals surface area contributed by atoms with Gasteiger partial charge in [0.25, 0.3) is 10.1 Å². The molecule has 0 bridgehead atoms. The van der Waals surface area contributed by atoms with E-state index in [-0.39, 0.29) is 4.90 Å². The van der Waals surface area contributed by atoms with Crippen LogP contribution in [0, 0.1) is 20.8 Å². The molecule has 3 N–H and O–H groups in total. The Bertz CT molecular complexity index is 1940. The number of fused-ring (bicyclic) bond motifs is 1. The lowest BCUT2D eigenvalue weighted by atomic mass is 10.1. The number of hydrogen-bond acceptors (Lipinski definition) is 8. The number of hydrogen-bond donors (Lipinski definition) is 2. The fourth-order valence-corrected chi connectivity index (χ4v) is 6.85. The molecule has 0 amide bonds. The van der Waals surface area contributed by atoms with Gasteiger partial charge in [-0.1, -0.05) is 66.7 Å². The third-order valence-electron chi connectivity index (χ3n) is 6.67. The standard InChI is InChI=1S/C27H25N3O3S2.C4H6N2O/c1-4-22-15-23-25(18(3)28-22)26(20-8-6-5-7-9-20)29-30(23)16-19-10-12-21(13-11-19)27-24(35(31,32)33)14-17(2)34-27;1-3-2-4(5)6-7-3/h5-15H,4,16H2,1-3H3,(H,31,32,33);2H,1H3,(H2,5,6). The van der Waals surface area contributed by atoms with E-state index in [2.05, 4.69) is 34.8 Å². The molecule has 11 heteroatoms. The van der Waals surface area contributed by atoms with Crippen LogP contribution < -0.4 is 5.73 Å². The second kappa shape index (κ2) is 11.9. The van der Waals surface area contributed by atoms with Crippen LogP contribution >= 0.6 is 11.3 Å². The monoisotopic (exact) mass is 601 g/mol. The molecule has 6 rings (SSSR count). The molecule has 0 saturated carbocycles. The molecule has 0 atom stereocenters. The van der Waals surface area contributed by atoms with Crippen LogP contribution in [0.3, 0.4) is 0 Å². The lowest BCUT2D eigenvalue weighted by molar-refractivity contribution is 0.400. The van der Waals surface area contributed by atoms with Crippen molar-refractivity contribution < 1.29 is 17.5 Å². The van der Waals surface area contributed by atoms with E-state index in [9.17, 15) is 13.0 Å². The van der Waals surface area contributed by atoms with E-state index >= 15 is 0 Å². The summed E-state index contributed by atoms with van der Waals surface area (Å²) >= 11 is 1.35. The number of pyridine rings is 1. The van der Waals surface area contributed by atoms with Crippen LogP contribution in [0.2, 0.25) is 0 Å². The Labute approximate surface area is 248 Å². The van der Waals surface area contributed by atoms with Gasteiger partial charge in [-0.15, -0.1) is 11.3 Å². The molecular formula is C31H31N5O4S2. The molecule has 0 radical (unpaired) electrons. The van der Waals surface area contributed by atoms with Gasteiger partial charge in [-0.3, -0.25) is 14.2 Å². The highest BCUT2D eigenvalue weighted by molar-refractivity contribution is 7.86. The SMILES string of the molecule is CCc1cc2c(c(C)n1)c(-c1ccccc1)nn2Cc1ccc(-c2sc(C)cc2S(=O)(=O)O)cc1.Cc1cc(N)no1. The average Bonchev–Trinajstić information content (AvgIpc) is 3.66. The van der Waals surface area contributed by atoms with E-state index < -0.39 is 10.1 Å². The molecule has 0 aliphatic rings.